The molecule has 0 aliphatic rings. The number of carbonyl (C=O) groups excluding carboxylic acids is 4. The Kier molecular flexibility index (Phi) is 9.28. The van der Waals surface area contributed by atoms with Gasteiger partial charge in [-0.1, -0.05) is 0 Å². The molecule has 0 aromatic carbocycles. The minimum atomic E-state index is -0.769. The van der Waals surface area contributed by atoms with E-state index in [4.69, 9.17) is 0 Å². The fourth-order valence-electron chi connectivity index (χ4n) is 0.888. The first-order valence-corrected chi connectivity index (χ1v) is 5.70. The minimum absolute atomic E-state index is 0.0538. The topological polar surface area (TPSA) is 105 Å². The van der Waals surface area contributed by atoms with Crippen molar-refractivity contribution < 1.29 is 38.1 Å². The van der Waals surface area contributed by atoms with Gasteiger partial charge in [0, 0.05) is 26.0 Å². The maximum absolute atomic E-state index is 11.1. The summed E-state index contributed by atoms with van der Waals surface area (Å²) in [6.07, 6.45) is 1.75. The van der Waals surface area contributed by atoms with E-state index in [0.717, 1.165) is 12.2 Å². The normalized spacial score (nSPS) is 9.90. The highest BCUT2D eigenvalue weighted by Gasteiger charge is 2.02. The Labute approximate surface area is 115 Å². The van der Waals surface area contributed by atoms with Crippen molar-refractivity contribution in [3.63, 3.8) is 0 Å². The fraction of sp³-hybridized carbons (Fsp3) is 0.500. The van der Waals surface area contributed by atoms with Crippen molar-refractivity contribution in [3.05, 3.63) is 12.2 Å². The number of hydrogen-bond donors (Lipinski definition) is 0. The van der Waals surface area contributed by atoms with E-state index >= 15 is 0 Å². The molecule has 0 aromatic rings. The SMILES string of the molecule is CC(=O)OCCOC(=O)/C=C\C(=O)OCCOC(C)=O. The van der Waals surface area contributed by atoms with Crippen LogP contribution >= 0.6 is 0 Å². The molecule has 0 atom stereocenters. The van der Waals surface area contributed by atoms with Crippen LogP contribution in [-0.4, -0.2) is 50.3 Å². The molecule has 8 nitrogen and oxygen atoms in total. The van der Waals surface area contributed by atoms with Crippen LogP contribution in [0.4, 0.5) is 0 Å². The van der Waals surface area contributed by atoms with Gasteiger partial charge in [-0.3, -0.25) is 9.59 Å². The van der Waals surface area contributed by atoms with Crippen molar-refractivity contribution in [3.8, 4) is 0 Å². The average Bonchev–Trinajstić information content (AvgIpc) is 2.37. The van der Waals surface area contributed by atoms with Gasteiger partial charge in [0.1, 0.15) is 26.4 Å². The van der Waals surface area contributed by atoms with Crippen LogP contribution in [0.1, 0.15) is 13.8 Å². The summed E-state index contributed by atoms with van der Waals surface area (Å²) >= 11 is 0. The lowest BCUT2D eigenvalue weighted by molar-refractivity contribution is -0.148. The average molecular weight is 288 g/mol. The minimum Gasteiger partial charge on any atom is -0.462 e. The molecule has 112 valence electrons. The van der Waals surface area contributed by atoms with Crippen LogP contribution < -0.4 is 0 Å². The van der Waals surface area contributed by atoms with Crippen molar-refractivity contribution in [2.75, 3.05) is 26.4 Å². The van der Waals surface area contributed by atoms with Gasteiger partial charge in [-0.05, 0) is 0 Å². The fourth-order valence-corrected chi connectivity index (χ4v) is 0.888. The molecule has 0 aliphatic heterocycles. The zero-order chi connectivity index (χ0) is 15.4. The standard InChI is InChI=1S/C12H16O8/c1-9(13)17-5-7-19-11(15)3-4-12(16)20-8-6-18-10(2)14/h3-4H,5-8H2,1-2H3/b4-3-. The van der Waals surface area contributed by atoms with Crippen molar-refractivity contribution in [1.29, 1.82) is 0 Å². The summed E-state index contributed by atoms with van der Waals surface area (Å²) in [5, 5.41) is 0. The van der Waals surface area contributed by atoms with Gasteiger partial charge in [0.25, 0.3) is 0 Å². The lowest BCUT2D eigenvalue weighted by Crippen LogP contribution is -2.12. The van der Waals surface area contributed by atoms with E-state index in [9.17, 15) is 19.2 Å². The third-order valence-electron chi connectivity index (χ3n) is 1.62. The zero-order valence-corrected chi connectivity index (χ0v) is 11.2. The lowest BCUT2D eigenvalue weighted by atomic mass is 10.5. The number of ether oxygens (including phenoxy) is 4. The van der Waals surface area contributed by atoms with Crippen LogP contribution in [0.5, 0.6) is 0 Å². The van der Waals surface area contributed by atoms with Gasteiger partial charge in [-0.25, -0.2) is 9.59 Å². The first-order valence-electron chi connectivity index (χ1n) is 5.70. The van der Waals surface area contributed by atoms with Gasteiger partial charge in [0.05, 0.1) is 0 Å². The smallest absolute Gasteiger partial charge is 0.331 e. The highest BCUT2D eigenvalue weighted by molar-refractivity contribution is 5.91. The summed E-state index contributed by atoms with van der Waals surface area (Å²) < 4.78 is 18.3. The maximum atomic E-state index is 11.1. The molecule has 20 heavy (non-hydrogen) atoms. The molecule has 0 N–H and O–H groups in total. The van der Waals surface area contributed by atoms with Gasteiger partial charge in [-0.15, -0.1) is 0 Å². The molecule has 0 rings (SSSR count). The Morgan fingerprint density at radius 3 is 1.25 bits per heavy atom. The van der Waals surface area contributed by atoms with E-state index < -0.39 is 23.9 Å². The molecule has 0 unspecified atom stereocenters. The third kappa shape index (κ3) is 12.1. The summed E-state index contributed by atoms with van der Waals surface area (Å²) in [5.74, 6) is -2.50. The molecule has 0 aromatic heterocycles. The van der Waals surface area contributed by atoms with Crippen molar-refractivity contribution in [2.24, 2.45) is 0 Å². The molecule has 0 bridgehead atoms. The number of carbonyl (C=O) groups is 4. The Bertz CT molecular complexity index is 349. The summed E-state index contributed by atoms with van der Waals surface area (Å²) in [4.78, 5) is 43.0. The Hall–Kier alpha value is -2.38. The molecule has 0 amide bonds. The highest BCUT2D eigenvalue weighted by atomic mass is 16.6. The molecule has 0 radical (unpaired) electrons. The highest BCUT2D eigenvalue weighted by Crippen LogP contribution is 1.87. The van der Waals surface area contributed by atoms with Crippen molar-refractivity contribution >= 4 is 23.9 Å². The second kappa shape index (κ2) is 10.5. The predicted molar refractivity (Wildman–Crippen MR) is 64.3 cm³/mol. The van der Waals surface area contributed by atoms with E-state index in [2.05, 4.69) is 18.9 Å². The summed E-state index contributed by atoms with van der Waals surface area (Å²) in [5.41, 5.74) is 0. The summed E-state index contributed by atoms with van der Waals surface area (Å²) in [6.45, 7) is 2.14. The molecular weight excluding hydrogens is 272 g/mol. The first kappa shape index (κ1) is 17.6. The van der Waals surface area contributed by atoms with E-state index in [1.807, 2.05) is 0 Å². The van der Waals surface area contributed by atoms with Crippen LogP contribution in [0.2, 0.25) is 0 Å². The number of esters is 4. The van der Waals surface area contributed by atoms with Crippen molar-refractivity contribution in [1.82, 2.24) is 0 Å². The summed E-state index contributed by atoms with van der Waals surface area (Å²) in [6, 6.07) is 0. The molecule has 0 spiro atoms. The largest absolute Gasteiger partial charge is 0.462 e. The lowest BCUT2D eigenvalue weighted by Gasteiger charge is -2.03. The van der Waals surface area contributed by atoms with E-state index in [1.165, 1.54) is 13.8 Å². The zero-order valence-electron chi connectivity index (χ0n) is 11.2. The molecule has 0 saturated heterocycles. The molecule has 8 heteroatoms. The van der Waals surface area contributed by atoms with Gasteiger partial charge in [-0.2, -0.15) is 0 Å². The van der Waals surface area contributed by atoms with Gasteiger partial charge < -0.3 is 18.9 Å². The Balaban J connectivity index is 3.69. The first-order chi connectivity index (χ1) is 9.41. The van der Waals surface area contributed by atoms with Crippen LogP contribution in [0.25, 0.3) is 0 Å². The summed E-state index contributed by atoms with van der Waals surface area (Å²) in [7, 11) is 0. The van der Waals surface area contributed by atoms with Crippen molar-refractivity contribution in [2.45, 2.75) is 13.8 Å². The van der Waals surface area contributed by atoms with E-state index in [0.29, 0.717) is 0 Å². The number of hydrogen-bond acceptors (Lipinski definition) is 8. The van der Waals surface area contributed by atoms with E-state index in [-0.39, 0.29) is 26.4 Å². The second-order valence-corrected chi connectivity index (χ2v) is 3.35. The molecule has 0 fully saturated rings. The Morgan fingerprint density at radius 1 is 0.650 bits per heavy atom. The quantitative estimate of drug-likeness (QED) is 0.261. The second-order valence-electron chi connectivity index (χ2n) is 3.35. The third-order valence-corrected chi connectivity index (χ3v) is 1.62. The molecular formula is C12H16O8. The van der Waals surface area contributed by atoms with Gasteiger partial charge in [0.15, 0.2) is 0 Å². The monoisotopic (exact) mass is 288 g/mol. The van der Waals surface area contributed by atoms with Crippen LogP contribution in [0.3, 0.4) is 0 Å². The molecule has 0 saturated carbocycles. The van der Waals surface area contributed by atoms with Crippen LogP contribution in [0.15, 0.2) is 12.2 Å². The van der Waals surface area contributed by atoms with E-state index in [1.54, 1.807) is 0 Å². The van der Waals surface area contributed by atoms with Crippen LogP contribution in [-0.2, 0) is 38.1 Å². The number of rotatable bonds is 8. The Morgan fingerprint density at radius 2 is 0.950 bits per heavy atom. The maximum Gasteiger partial charge on any atom is 0.331 e. The predicted octanol–water partition coefficient (Wildman–Crippen LogP) is -0.245. The molecule has 0 heterocycles. The van der Waals surface area contributed by atoms with Gasteiger partial charge >= 0.3 is 23.9 Å². The molecule has 0 aliphatic carbocycles. The van der Waals surface area contributed by atoms with Crippen LogP contribution in [0, 0.1) is 0 Å². The van der Waals surface area contributed by atoms with Gasteiger partial charge in [0.2, 0.25) is 0 Å².